The molecule has 0 saturated heterocycles. The molecule has 2 aromatic carbocycles. The van der Waals surface area contributed by atoms with Crippen LogP contribution in [0.4, 0.5) is 5.69 Å². The van der Waals surface area contributed by atoms with Gasteiger partial charge in [-0.3, -0.25) is 14.4 Å². The molecule has 6 rings (SSSR count). The summed E-state index contributed by atoms with van der Waals surface area (Å²) in [7, 11) is 0. The molecule has 2 saturated carbocycles. The summed E-state index contributed by atoms with van der Waals surface area (Å²) in [5, 5.41) is 12.6. The van der Waals surface area contributed by atoms with Crippen LogP contribution in [0.25, 0.3) is 10.2 Å². The van der Waals surface area contributed by atoms with E-state index in [0.717, 1.165) is 26.5 Å². The second-order valence-electron chi connectivity index (χ2n) is 10.7. The number of thioether (sulfide) groups is 1. The van der Waals surface area contributed by atoms with Crippen molar-refractivity contribution in [1.29, 1.82) is 0 Å². The molecule has 0 spiro atoms. The smallest absolute Gasteiger partial charge is 0.307 e. The van der Waals surface area contributed by atoms with E-state index < -0.39 is 17.8 Å². The number of carboxylic acid groups (broad SMARTS) is 1. The predicted octanol–water partition coefficient (Wildman–Crippen LogP) is 6.78. The van der Waals surface area contributed by atoms with Crippen molar-refractivity contribution in [3.05, 3.63) is 65.7 Å². The lowest BCUT2D eigenvalue weighted by Gasteiger charge is -2.23. The van der Waals surface area contributed by atoms with Crippen molar-refractivity contribution in [3.63, 3.8) is 0 Å². The fourth-order valence-electron chi connectivity index (χ4n) is 6.37. The molecule has 1 heterocycles. The molecule has 3 aliphatic rings. The van der Waals surface area contributed by atoms with Crippen LogP contribution in [0.1, 0.15) is 60.4 Å². The summed E-state index contributed by atoms with van der Waals surface area (Å²) in [5.41, 5.74) is 3.52. The molecule has 4 atom stereocenters. The number of Topliss-reactive ketones (excluding diaryl/α,β-unsaturated/α-hetero) is 1. The maximum absolute atomic E-state index is 13.0. The van der Waals surface area contributed by atoms with Gasteiger partial charge in [0.2, 0.25) is 5.91 Å². The molecule has 196 valence electrons. The lowest BCUT2D eigenvalue weighted by molar-refractivity contribution is -0.146. The van der Waals surface area contributed by atoms with Crippen molar-refractivity contribution in [3.8, 4) is 0 Å². The van der Waals surface area contributed by atoms with E-state index in [1.165, 1.54) is 60.8 Å². The van der Waals surface area contributed by atoms with Gasteiger partial charge in [0.05, 0.1) is 27.8 Å². The third kappa shape index (κ3) is 5.04. The zero-order valence-corrected chi connectivity index (χ0v) is 22.6. The van der Waals surface area contributed by atoms with Crippen LogP contribution in [0.15, 0.2) is 59.0 Å². The quantitative estimate of drug-likeness (QED) is 0.184. The van der Waals surface area contributed by atoms with Crippen LogP contribution in [0, 0.1) is 23.7 Å². The van der Waals surface area contributed by atoms with Crippen LogP contribution < -0.4 is 5.32 Å². The van der Waals surface area contributed by atoms with Crippen molar-refractivity contribution in [2.75, 3.05) is 11.1 Å². The van der Waals surface area contributed by atoms with Crippen LogP contribution in [0.3, 0.4) is 0 Å². The number of carboxylic acids is 1. The van der Waals surface area contributed by atoms with Gasteiger partial charge in [-0.2, -0.15) is 0 Å². The number of amides is 1. The predicted molar refractivity (Wildman–Crippen MR) is 151 cm³/mol. The molecular weight excluding hydrogens is 516 g/mol. The minimum absolute atomic E-state index is 0.0164. The van der Waals surface area contributed by atoms with Gasteiger partial charge in [0.1, 0.15) is 0 Å². The Labute approximate surface area is 229 Å². The Morgan fingerprint density at radius 2 is 1.71 bits per heavy atom. The van der Waals surface area contributed by atoms with Crippen LogP contribution >= 0.6 is 23.1 Å². The first-order chi connectivity index (χ1) is 18.5. The third-order valence-electron chi connectivity index (χ3n) is 8.32. The summed E-state index contributed by atoms with van der Waals surface area (Å²) < 4.78 is 1.72. The van der Waals surface area contributed by atoms with E-state index in [0.29, 0.717) is 17.4 Å². The number of benzene rings is 2. The number of nitrogens with zero attached hydrogens (tertiary/aromatic N) is 1. The second kappa shape index (κ2) is 10.7. The summed E-state index contributed by atoms with van der Waals surface area (Å²) in [6, 6.07) is 13.7. The number of carbonyl (C=O) groups excluding carboxylic acids is 2. The van der Waals surface area contributed by atoms with Crippen LogP contribution in [-0.4, -0.2) is 33.5 Å². The standard InChI is InChI=1S/C30H30N2O4S2/c33-24(19-8-6-18(7-9-19)17-4-2-1-3-5-17)16-37-30-32-23-13-12-22(15-25(23)38-30)31-28(34)26-20-10-11-21(14-20)27(26)29(35)36/h6-13,15,17,20-21,26-27H,1-5,14,16H2,(H,31,34)(H,35,36)/t20-,21-,26+,27-/m0/s1. The largest absolute Gasteiger partial charge is 0.481 e. The zero-order chi connectivity index (χ0) is 26.2. The maximum atomic E-state index is 13.0. The summed E-state index contributed by atoms with van der Waals surface area (Å²) in [6.45, 7) is 0. The number of aliphatic carboxylic acids is 1. The molecule has 3 aliphatic carbocycles. The number of ketones is 1. The summed E-state index contributed by atoms with van der Waals surface area (Å²) in [6.07, 6.45) is 11.1. The Kier molecular flexibility index (Phi) is 7.10. The molecule has 2 bridgehead atoms. The number of allylic oxidation sites excluding steroid dienone is 2. The molecule has 1 amide bonds. The van der Waals surface area contributed by atoms with Crippen LogP contribution in [0.5, 0.6) is 0 Å². The average Bonchev–Trinajstić information content (AvgIpc) is 3.66. The van der Waals surface area contributed by atoms with Gasteiger partial charge in [-0.25, -0.2) is 4.98 Å². The molecule has 0 radical (unpaired) electrons. The Hall–Kier alpha value is -2.97. The maximum Gasteiger partial charge on any atom is 0.307 e. The van der Waals surface area contributed by atoms with E-state index in [4.69, 9.17) is 0 Å². The summed E-state index contributed by atoms with van der Waals surface area (Å²) in [4.78, 5) is 42.3. The Balaban J connectivity index is 1.08. The van der Waals surface area contributed by atoms with Crippen LogP contribution in [0.2, 0.25) is 0 Å². The number of carbonyl (C=O) groups is 3. The molecule has 38 heavy (non-hydrogen) atoms. The first-order valence-corrected chi connectivity index (χ1v) is 15.1. The minimum Gasteiger partial charge on any atom is -0.481 e. The van der Waals surface area contributed by atoms with E-state index in [-0.39, 0.29) is 23.5 Å². The number of hydrogen-bond donors (Lipinski definition) is 2. The number of nitrogens with one attached hydrogen (secondary N) is 1. The molecule has 8 heteroatoms. The van der Waals surface area contributed by atoms with Gasteiger partial charge in [0.25, 0.3) is 0 Å². The van der Waals surface area contributed by atoms with Crippen molar-refractivity contribution < 1.29 is 19.5 Å². The zero-order valence-electron chi connectivity index (χ0n) is 21.0. The van der Waals surface area contributed by atoms with E-state index in [9.17, 15) is 19.5 Å². The number of thiazole rings is 1. The van der Waals surface area contributed by atoms with Gasteiger partial charge in [-0.1, -0.05) is 67.4 Å². The SMILES string of the molecule is O=C(CSc1nc2ccc(NC(=O)[C@H]3[C@@H](C(=O)O)[C@H]4C=C[C@H]3C4)cc2s1)c1ccc(C2CCCCC2)cc1. The first-order valence-electron chi connectivity index (χ1n) is 13.3. The van der Waals surface area contributed by atoms with Crippen molar-refractivity contribution >= 4 is 56.7 Å². The number of hydrogen-bond acceptors (Lipinski definition) is 6. The molecule has 2 N–H and O–H groups in total. The molecule has 6 nitrogen and oxygen atoms in total. The highest BCUT2D eigenvalue weighted by molar-refractivity contribution is 8.01. The molecule has 3 aromatic rings. The monoisotopic (exact) mass is 546 g/mol. The average molecular weight is 547 g/mol. The van der Waals surface area contributed by atoms with E-state index >= 15 is 0 Å². The summed E-state index contributed by atoms with van der Waals surface area (Å²) in [5.74, 6) is -1.40. The van der Waals surface area contributed by atoms with Gasteiger partial charge in [0, 0.05) is 11.3 Å². The van der Waals surface area contributed by atoms with Gasteiger partial charge < -0.3 is 10.4 Å². The fraction of sp³-hybridized carbons (Fsp3) is 0.400. The first kappa shape index (κ1) is 25.3. The Morgan fingerprint density at radius 1 is 0.974 bits per heavy atom. The topological polar surface area (TPSA) is 96.4 Å². The lowest BCUT2D eigenvalue weighted by atomic mass is 9.82. The normalized spacial score (nSPS) is 24.6. The third-order valence-corrected chi connectivity index (χ3v) is 10.5. The highest BCUT2D eigenvalue weighted by atomic mass is 32.2. The van der Waals surface area contributed by atoms with Crippen LogP contribution in [-0.2, 0) is 9.59 Å². The van der Waals surface area contributed by atoms with Gasteiger partial charge in [-0.05, 0) is 60.8 Å². The van der Waals surface area contributed by atoms with Gasteiger partial charge >= 0.3 is 5.97 Å². The Bertz CT molecular complexity index is 1410. The van der Waals surface area contributed by atoms with Crippen molar-refractivity contribution in [2.24, 2.45) is 23.7 Å². The number of fused-ring (bicyclic) bond motifs is 3. The second-order valence-corrected chi connectivity index (χ2v) is 12.9. The minimum atomic E-state index is -0.906. The number of rotatable bonds is 8. The lowest BCUT2D eigenvalue weighted by Crippen LogP contribution is -2.36. The highest BCUT2D eigenvalue weighted by Crippen LogP contribution is 2.48. The van der Waals surface area contributed by atoms with E-state index in [2.05, 4.69) is 22.4 Å². The molecule has 2 fully saturated rings. The molecule has 0 unspecified atom stereocenters. The summed E-state index contributed by atoms with van der Waals surface area (Å²) >= 11 is 2.92. The number of anilines is 1. The van der Waals surface area contributed by atoms with Gasteiger partial charge in [-0.15, -0.1) is 11.3 Å². The fourth-order valence-corrected chi connectivity index (χ4v) is 8.37. The van der Waals surface area contributed by atoms with E-state index in [1.807, 2.05) is 36.4 Å². The van der Waals surface area contributed by atoms with Crippen molar-refractivity contribution in [1.82, 2.24) is 4.98 Å². The van der Waals surface area contributed by atoms with Crippen molar-refractivity contribution in [2.45, 2.75) is 48.8 Å². The number of aromatic nitrogens is 1. The Morgan fingerprint density at radius 3 is 2.45 bits per heavy atom. The molecule has 0 aliphatic heterocycles. The molecule has 1 aromatic heterocycles. The van der Waals surface area contributed by atoms with Gasteiger partial charge in [0.15, 0.2) is 10.1 Å². The highest BCUT2D eigenvalue weighted by Gasteiger charge is 2.51. The van der Waals surface area contributed by atoms with E-state index in [1.54, 1.807) is 6.07 Å². The molecular formula is C30H30N2O4S2.